The molecule has 0 aliphatic heterocycles. The predicted molar refractivity (Wildman–Crippen MR) is 112 cm³/mol. The molecule has 0 saturated heterocycles. The zero-order chi connectivity index (χ0) is 19.9. The van der Waals surface area contributed by atoms with Crippen molar-refractivity contribution in [2.75, 3.05) is 11.6 Å². The van der Waals surface area contributed by atoms with Gasteiger partial charge in [0.15, 0.2) is 15.0 Å². The number of halogens is 1. The van der Waals surface area contributed by atoms with Gasteiger partial charge < -0.3 is 5.32 Å². The van der Waals surface area contributed by atoms with Crippen molar-refractivity contribution in [3.63, 3.8) is 0 Å². The molecule has 0 unspecified atom stereocenters. The van der Waals surface area contributed by atoms with Crippen LogP contribution < -0.4 is 5.32 Å². The lowest BCUT2D eigenvalue weighted by atomic mass is 9.80. The number of sulfone groups is 1. The van der Waals surface area contributed by atoms with E-state index < -0.39 is 15.3 Å². The molecule has 5 nitrogen and oxygen atoms in total. The van der Waals surface area contributed by atoms with Gasteiger partial charge in [-0.25, -0.2) is 13.4 Å². The maximum Gasteiger partial charge on any atom is 0.237 e. The number of carbonyl (C=O) groups excluding carboxylic acids is 1. The van der Waals surface area contributed by atoms with Gasteiger partial charge in [-0.3, -0.25) is 4.79 Å². The van der Waals surface area contributed by atoms with Crippen molar-refractivity contribution < 1.29 is 13.2 Å². The van der Waals surface area contributed by atoms with Gasteiger partial charge in [0.1, 0.15) is 4.34 Å². The van der Waals surface area contributed by atoms with Gasteiger partial charge in [-0.2, -0.15) is 0 Å². The maximum atomic E-state index is 13.3. The lowest BCUT2D eigenvalue weighted by Crippen LogP contribution is -2.32. The van der Waals surface area contributed by atoms with Crippen LogP contribution in [-0.4, -0.2) is 25.6 Å². The normalized spacial score (nSPS) is 25.4. The fourth-order valence-corrected chi connectivity index (χ4v) is 6.08. The number of nitrogens with zero attached hydrogens (tertiary/aromatic N) is 1. The van der Waals surface area contributed by atoms with E-state index >= 15 is 0 Å². The average molecular weight is 439 g/mol. The summed E-state index contributed by atoms with van der Waals surface area (Å²) in [5.41, 5.74) is 0.270. The number of hydrogen-bond donors (Lipinski definition) is 1. The third-order valence-corrected chi connectivity index (χ3v) is 8.29. The first kappa shape index (κ1) is 19.9. The van der Waals surface area contributed by atoms with Crippen LogP contribution in [0.1, 0.15) is 44.1 Å². The second kappa shape index (κ2) is 7.43. The summed E-state index contributed by atoms with van der Waals surface area (Å²) in [7, 11) is -3.27. The molecule has 8 heteroatoms. The van der Waals surface area contributed by atoms with Crippen molar-refractivity contribution in [2.45, 2.75) is 48.8 Å². The Kier molecular flexibility index (Phi) is 5.27. The first-order valence-corrected chi connectivity index (χ1v) is 12.6. The second-order valence-corrected chi connectivity index (χ2v) is 11.6. The molecule has 0 radical (unpaired) electrons. The molecule has 1 N–H and O–H groups in total. The molecular weight excluding hydrogens is 416 g/mol. The van der Waals surface area contributed by atoms with Crippen LogP contribution in [0.3, 0.4) is 0 Å². The number of hydrogen-bond acceptors (Lipinski definition) is 5. The molecule has 2 saturated carbocycles. The Balaban J connectivity index is 1.65. The van der Waals surface area contributed by atoms with Crippen molar-refractivity contribution >= 4 is 43.8 Å². The molecule has 28 heavy (non-hydrogen) atoms. The summed E-state index contributed by atoms with van der Waals surface area (Å²) in [6.45, 7) is 0. The minimum atomic E-state index is -3.27. The van der Waals surface area contributed by atoms with E-state index in [0.717, 1.165) is 24.8 Å². The summed E-state index contributed by atoms with van der Waals surface area (Å²) >= 11 is 7.19. The Morgan fingerprint density at radius 1 is 1.21 bits per heavy atom. The van der Waals surface area contributed by atoms with Crippen molar-refractivity contribution in [3.05, 3.63) is 40.4 Å². The molecule has 150 valence electrons. The van der Waals surface area contributed by atoms with Crippen LogP contribution >= 0.6 is 22.9 Å². The zero-order valence-corrected chi connectivity index (χ0v) is 18.0. The van der Waals surface area contributed by atoms with Crippen molar-refractivity contribution in [1.29, 1.82) is 0 Å². The first-order chi connectivity index (χ1) is 13.3. The van der Waals surface area contributed by atoms with Gasteiger partial charge in [0.2, 0.25) is 5.91 Å². The Morgan fingerprint density at radius 3 is 2.46 bits per heavy atom. The Labute approximate surface area is 174 Å². The molecule has 0 bridgehead atoms. The number of rotatable bonds is 5. The maximum absolute atomic E-state index is 13.3. The van der Waals surface area contributed by atoms with E-state index in [-0.39, 0.29) is 16.7 Å². The molecule has 1 aromatic heterocycles. The molecule has 1 aromatic carbocycles. The van der Waals surface area contributed by atoms with Gasteiger partial charge in [-0.15, -0.1) is 0 Å². The van der Waals surface area contributed by atoms with E-state index in [2.05, 4.69) is 10.3 Å². The Hall–Kier alpha value is -1.44. The van der Waals surface area contributed by atoms with E-state index in [9.17, 15) is 13.2 Å². The number of carbonyl (C=O) groups is 1. The number of anilines is 1. The van der Waals surface area contributed by atoms with E-state index in [1.807, 2.05) is 0 Å². The van der Waals surface area contributed by atoms with E-state index in [0.29, 0.717) is 15.4 Å². The third-order valence-electron chi connectivity index (χ3n) is 6.13. The number of benzene rings is 1. The summed E-state index contributed by atoms with van der Waals surface area (Å²) in [4.78, 5) is 17.8. The minimum Gasteiger partial charge on any atom is -0.301 e. The standard InChI is InChI=1S/C20H23ClN2O3S2/c1-28(25,26)15-9-7-14(8-10-15)20(11-16(20)13-5-3-2-4-6-13)18(24)23-19-22-12-17(21)27-19/h7-10,12-13,16H,2-6,11H2,1H3,(H,22,23,24)/t16-,20-/m0/s1. The lowest BCUT2D eigenvalue weighted by Gasteiger charge is -2.25. The van der Waals surface area contributed by atoms with E-state index in [1.54, 1.807) is 24.3 Å². The highest BCUT2D eigenvalue weighted by Crippen LogP contribution is 2.61. The highest BCUT2D eigenvalue weighted by atomic mass is 35.5. The molecule has 2 fully saturated rings. The van der Waals surface area contributed by atoms with Crippen LogP contribution in [0.4, 0.5) is 5.13 Å². The quantitative estimate of drug-likeness (QED) is 0.735. The fourth-order valence-electron chi connectivity index (χ4n) is 4.64. The summed E-state index contributed by atoms with van der Waals surface area (Å²) < 4.78 is 24.1. The topological polar surface area (TPSA) is 76.1 Å². The van der Waals surface area contributed by atoms with Crippen LogP contribution in [-0.2, 0) is 20.0 Å². The highest BCUT2D eigenvalue weighted by molar-refractivity contribution is 7.90. The fraction of sp³-hybridized carbons (Fsp3) is 0.500. The van der Waals surface area contributed by atoms with Gasteiger partial charge in [0.05, 0.1) is 16.5 Å². The number of aromatic nitrogens is 1. The summed E-state index contributed by atoms with van der Waals surface area (Å²) in [5, 5.41) is 3.44. The summed E-state index contributed by atoms with van der Waals surface area (Å²) in [6.07, 6.45) is 9.53. The van der Waals surface area contributed by atoms with Gasteiger partial charge in [0.25, 0.3) is 0 Å². The van der Waals surface area contributed by atoms with Crippen LogP contribution in [0.5, 0.6) is 0 Å². The Morgan fingerprint density at radius 2 is 1.89 bits per heavy atom. The molecular formula is C20H23ClN2O3S2. The van der Waals surface area contributed by atoms with Gasteiger partial charge in [-0.1, -0.05) is 67.2 Å². The largest absolute Gasteiger partial charge is 0.301 e. The molecule has 2 aliphatic carbocycles. The summed E-state index contributed by atoms with van der Waals surface area (Å²) in [6, 6.07) is 6.81. The molecule has 0 spiro atoms. The highest BCUT2D eigenvalue weighted by Gasteiger charge is 2.63. The van der Waals surface area contributed by atoms with Gasteiger partial charge in [-0.05, 0) is 36.0 Å². The predicted octanol–water partition coefficient (Wildman–Crippen LogP) is 4.68. The van der Waals surface area contributed by atoms with E-state index in [4.69, 9.17) is 11.6 Å². The molecule has 1 amide bonds. The van der Waals surface area contributed by atoms with Crippen molar-refractivity contribution in [3.8, 4) is 0 Å². The Bertz CT molecular complexity index is 981. The molecule has 2 atom stereocenters. The third kappa shape index (κ3) is 3.72. The van der Waals surface area contributed by atoms with Crippen molar-refractivity contribution in [1.82, 2.24) is 4.98 Å². The monoisotopic (exact) mass is 438 g/mol. The molecule has 4 rings (SSSR count). The second-order valence-electron chi connectivity index (χ2n) is 7.90. The average Bonchev–Trinajstić information content (AvgIpc) is 3.32. The first-order valence-electron chi connectivity index (χ1n) is 9.54. The minimum absolute atomic E-state index is 0.0683. The van der Waals surface area contributed by atoms with Crippen LogP contribution in [0.2, 0.25) is 4.34 Å². The van der Waals surface area contributed by atoms with Gasteiger partial charge in [0, 0.05) is 6.26 Å². The molecule has 2 aliphatic rings. The lowest BCUT2D eigenvalue weighted by molar-refractivity contribution is -0.119. The summed E-state index contributed by atoms with van der Waals surface area (Å²) in [5.74, 6) is 0.752. The van der Waals surface area contributed by atoms with Crippen molar-refractivity contribution in [2.24, 2.45) is 11.8 Å². The van der Waals surface area contributed by atoms with Crippen LogP contribution in [0.25, 0.3) is 0 Å². The van der Waals surface area contributed by atoms with E-state index in [1.165, 1.54) is 43.1 Å². The number of amides is 1. The zero-order valence-electron chi connectivity index (χ0n) is 15.7. The molecule has 2 aromatic rings. The molecule has 1 heterocycles. The SMILES string of the molecule is CS(=O)(=O)c1ccc([C@@]2(C(=O)Nc3ncc(Cl)s3)C[C@H]2C2CCCCC2)cc1. The smallest absolute Gasteiger partial charge is 0.237 e. The number of thiazole rings is 1. The van der Waals surface area contributed by atoms with Crippen LogP contribution in [0, 0.1) is 11.8 Å². The van der Waals surface area contributed by atoms with Crippen LogP contribution in [0.15, 0.2) is 35.4 Å². The van der Waals surface area contributed by atoms with Gasteiger partial charge >= 0.3 is 0 Å². The number of nitrogens with one attached hydrogen (secondary N) is 1.